The van der Waals surface area contributed by atoms with Gasteiger partial charge in [-0.05, 0) is 33.2 Å². The van der Waals surface area contributed by atoms with Crippen molar-refractivity contribution in [3.8, 4) is 0 Å². The molecule has 1 fully saturated rings. The van der Waals surface area contributed by atoms with Gasteiger partial charge in [-0.25, -0.2) is 4.98 Å². The van der Waals surface area contributed by atoms with E-state index in [2.05, 4.69) is 9.88 Å². The zero-order valence-corrected chi connectivity index (χ0v) is 10.1. The Morgan fingerprint density at radius 3 is 3.07 bits per heavy atom. The SMILES string of the molecule is CC(C)(O)C1CCCN1Cc1nccs1. The minimum atomic E-state index is -0.603. The molecule has 1 aliphatic rings. The third kappa shape index (κ3) is 2.56. The van der Waals surface area contributed by atoms with Crippen LogP contribution in [0.2, 0.25) is 0 Å². The molecule has 1 aromatic heterocycles. The number of hydrogen-bond acceptors (Lipinski definition) is 4. The van der Waals surface area contributed by atoms with Gasteiger partial charge < -0.3 is 5.11 Å². The van der Waals surface area contributed by atoms with Crippen molar-refractivity contribution in [2.75, 3.05) is 6.54 Å². The molecule has 0 aliphatic carbocycles. The number of aliphatic hydroxyl groups is 1. The largest absolute Gasteiger partial charge is 0.389 e. The molecule has 0 saturated carbocycles. The van der Waals surface area contributed by atoms with Crippen LogP contribution in [0.4, 0.5) is 0 Å². The lowest BCUT2D eigenvalue weighted by Gasteiger charge is -2.33. The highest BCUT2D eigenvalue weighted by molar-refractivity contribution is 7.09. The fraction of sp³-hybridized carbons (Fsp3) is 0.727. The van der Waals surface area contributed by atoms with Gasteiger partial charge in [0.2, 0.25) is 0 Å². The molecule has 1 unspecified atom stereocenters. The fourth-order valence-electron chi connectivity index (χ4n) is 2.32. The van der Waals surface area contributed by atoms with Gasteiger partial charge in [-0.15, -0.1) is 11.3 Å². The molecule has 0 bridgehead atoms. The number of thiazole rings is 1. The van der Waals surface area contributed by atoms with Crippen molar-refractivity contribution < 1.29 is 5.11 Å². The molecule has 0 amide bonds. The predicted molar refractivity (Wildman–Crippen MR) is 61.8 cm³/mol. The fourth-order valence-corrected chi connectivity index (χ4v) is 2.96. The maximum atomic E-state index is 10.1. The van der Waals surface area contributed by atoms with Gasteiger partial charge in [0, 0.05) is 17.6 Å². The first kappa shape index (κ1) is 11.0. The monoisotopic (exact) mass is 226 g/mol. The molecule has 1 atom stereocenters. The topological polar surface area (TPSA) is 36.4 Å². The maximum Gasteiger partial charge on any atom is 0.107 e. The van der Waals surface area contributed by atoms with E-state index in [0.717, 1.165) is 24.5 Å². The third-order valence-electron chi connectivity index (χ3n) is 3.00. The second-order valence-corrected chi connectivity index (χ2v) is 5.69. The molecule has 0 spiro atoms. The zero-order chi connectivity index (χ0) is 10.9. The number of nitrogens with zero attached hydrogens (tertiary/aromatic N) is 2. The average Bonchev–Trinajstić information content (AvgIpc) is 2.73. The van der Waals surface area contributed by atoms with E-state index in [9.17, 15) is 5.11 Å². The lowest BCUT2D eigenvalue weighted by Crippen LogP contribution is -2.45. The van der Waals surface area contributed by atoms with Crippen molar-refractivity contribution in [3.63, 3.8) is 0 Å². The number of likely N-dealkylation sites (tertiary alicyclic amines) is 1. The van der Waals surface area contributed by atoms with Crippen molar-refractivity contribution >= 4 is 11.3 Å². The Morgan fingerprint density at radius 1 is 1.67 bits per heavy atom. The van der Waals surface area contributed by atoms with Crippen LogP contribution in [0.25, 0.3) is 0 Å². The van der Waals surface area contributed by atoms with Gasteiger partial charge >= 0.3 is 0 Å². The number of aromatic nitrogens is 1. The maximum absolute atomic E-state index is 10.1. The summed E-state index contributed by atoms with van der Waals surface area (Å²) in [6.45, 7) is 5.76. The van der Waals surface area contributed by atoms with Crippen molar-refractivity contribution in [1.29, 1.82) is 0 Å². The van der Waals surface area contributed by atoms with Crippen LogP contribution in [0.15, 0.2) is 11.6 Å². The second-order valence-electron chi connectivity index (χ2n) is 4.71. The Kier molecular flexibility index (Phi) is 3.09. The molecule has 1 N–H and O–H groups in total. The zero-order valence-electron chi connectivity index (χ0n) is 9.31. The highest BCUT2D eigenvalue weighted by Gasteiger charge is 2.35. The predicted octanol–water partition coefficient (Wildman–Crippen LogP) is 1.88. The summed E-state index contributed by atoms with van der Waals surface area (Å²) >= 11 is 1.69. The summed E-state index contributed by atoms with van der Waals surface area (Å²) in [6.07, 6.45) is 4.12. The minimum absolute atomic E-state index is 0.279. The first-order chi connectivity index (χ1) is 7.07. The summed E-state index contributed by atoms with van der Waals surface area (Å²) < 4.78 is 0. The summed E-state index contributed by atoms with van der Waals surface area (Å²) in [7, 11) is 0. The van der Waals surface area contributed by atoms with Crippen LogP contribution in [0.5, 0.6) is 0 Å². The Labute approximate surface area is 94.8 Å². The molecule has 15 heavy (non-hydrogen) atoms. The van der Waals surface area contributed by atoms with E-state index < -0.39 is 5.60 Å². The van der Waals surface area contributed by atoms with Gasteiger partial charge in [0.15, 0.2) is 0 Å². The standard InChI is InChI=1S/C11H18N2OS/c1-11(2,14)9-4-3-6-13(9)8-10-12-5-7-15-10/h5,7,9,14H,3-4,6,8H2,1-2H3. The third-order valence-corrected chi connectivity index (χ3v) is 3.77. The Hall–Kier alpha value is -0.450. The van der Waals surface area contributed by atoms with E-state index in [-0.39, 0.29) is 6.04 Å². The molecule has 2 heterocycles. The molecule has 2 rings (SSSR count). The summed E-state index contributed by atoms with van der Waals surface area (Å²) in [5, 5.41) is 13.2. The lowest BCUT2D eigenvalue weighted by atomic mass is 9.97. The number of rotatable bonds is 3. The van der Waals surface area contributed by atoms with Gasteiger partial charge in [-0.3, -0.25) is 4.90 Å². The van der Waals surface area contributed by atoms with Crippen molar-refractivity contribution in [3.05, 3.63) is 16.6 Å². The molecule has 0 aromatic carbocycles. The smallest absolute Gasteiger partial charge is 0.107 e. The van der Waals surface area contributed by atoms with Crippen LogP contribution in [-0.4, -0.2) is 33.2 Å². The first-order valence-electron chi connectivity index (χ1n) is 5.42. The highest BCUT2D eigenvalue weighted by Crippen LogP contribution is 2.28. The summed E-state index contributed by atoms with van der Waals surface area (Å²) in [4.78, 5) is 6.64. The average molecular weight is 226 g/mol. The molecule has 3 nitrogen and oxygen atoms in total. The van der Waals surface area contributed by atoms with Crippen LogP contribution >= 0.6 is 11.3 Å². The summed E-state index contributed by atoms with van der Waals surface area (Å²) in [5.74, 6) is 0. The van der Waals surface area contributed by atoms with Gasteiger partial charge in [-0.1, -0.05) is 0 Å². The Morgan fingerprint density at radius 2 is 2.47 bits per heavy atom. The first-order valence-corrected chi connectivity index (χ1v) is 6.30. The molecule has 0 radical (unpaired) electrons. The minimum Gasteiger partial charge on any atom is -0.389 e. The van der Waals surface area contributed by atoms with Crippen LogP contribution in [0, 0.1) is 0 Å². The van der Waals surface area contributed by atoms with E-state index in [0.29, 0.717) is 0 Å². The van der Waals surface area contributed by atoms with Crippen LogP contribution < -0.4 is 0 Å². The van der Waals surface area contributed by atoms with Gasteiger partial charge in [0.25, 0.3) is 0 Å². The molecular weight excluding hydrogens is 208 g/mol. The molecule has 1 saturated heterocycles. The Balaban J connectivity index is 2.03. The Bertz CT molecular complexity index is 305. The van der Waals surface area contributed by atoms with E-state index in [4.69, 9.17) is 0 Å². The summed E-state index contributed by atoms with van der Waals surface area (Å²) in [5.41, 5.74) is -0.603. The highest BCUT2D eigenvalue weighted by atomic mass is 32.1. The quantitative estimate of drug-likeness (QED) is 0.855. The van der Waals surface area contributed by atoms with Crippen LogP contribution in [0.1, 0.15) is 31.7 Å². The van der Waals surface area contributed by atoms with E-state index >= 15 is 0 Å². The molecule has 84 valence electrons. The van der Waals surface area contributed by atoms with Gasteiger partial charge in [0.1, 0.15) is 5.01 Å². The summed E-state index contributed by atoms with van der Waals surface area (Å²) in [6, 6.07) is 0.279. The van der Waals surface area contributed by atoms with Crippen molar-refractivity contribution in [2.45, 2.75) is 44.9 Å². The molecule has 1 aromatic rings. The van der Waals surface area contributed by atoms with Crippen LogP contribution in [-0.2, 0) is 6.54 Å². The van der Waals surface area contributed by atoms with Crippen molar-refractivity contribution in [1.82, 2.24) is 9.88 Å². The van der Waals surface area contributed by atoms with Crippen molar-refractivity contribution in [2.24, 2.45) is 0 Å². The van der Waals surface area contributed by atoms with Crippen LogP contribution in [0.3, 0.4) is 0 Å². The van der Waals surface area contributed by atoms with E-state index in [1.54, 1.807) is 11.3 Å². The van der Waals surface area contributed by atoms with E-state index in [1.165, 1.54) is 6.42 Å². The van der Waals surface area contributed by atoms with Gasteiger partial charge in [0.05, 0.1) is 12.1 Å². The lowest BCUT2D eigenvalue weighted by molar-refractivity contribution is -0.00502. The number of hydrogen-bond donors (Lipinski definition) is 1. The normalized spacial score (nSPS) is 23.5. The van der Waals surface area contributed by atoms with E-state index in [1.807, 2.05) is 25.4 Å². The second kappa shape index (κ2) is 4.20. The molecule has 4 heteroatoms. The van der Waals surface area contributed by atoms with Gasteiger partial charge in [-0.2, -0.15) is 0 Å². The molecule has 1 aliphatic heterocycles. The molecular formula is C11H18N2OS.